The van der Waals surface area contributed by atoms with Crippen molar-refractivity contribution in [2.45, 2.75) is 6.42 Å². The minimum Gasteiger partial charge on any atom is -0.384 e. The topological polar surface area (TPSA) is 36.9 Å². The highest BCUT2D eigenvalue weighted by atomic mass is 28.4. The van der Waals surface area contributed by atoms with Crippen LogP contribution in [0.15, 0.2) is 0 Å². The molecule has 4 nitrogen and oxygen atoms in total. The summed E-state index contributed by atoms with van der Waals surface area (Å²) in [7, 11) is 3.55. The van der Waals surface area contributed by atoms with Gasteiger partial charge in [-0.25, -0.2) is 0 Å². The quantitative estimate of drug-likeness (QED) is 0.370. The van der Waals surface area contributed by atoms with Crippen molar-refractivity contribution in [3.63, 3.8) is 0 Å². The van der Waals surface area contributed by atoms with Crippen LogP contribution in [-0.2, 0) is 18.0 Å². The Labute approximate surface area is 80.5 Å². The summed E-state index contributed by atoms with van der Waals surface area (Å²) < 4.78 is 20.1. The van der Waals surface area contributed by atoms with E-state index in [4.69, 9.17) is 18.0 Å². The molecule has 0 fully saturated rings. The van der Waals surface area contributed by atoms with Crippen molar-refractivity contribution < 1.29 is 18.0 Å². The molecule has 5 heteroatoms. The van der Waals surface area contributed by atoms with Crippen molar-refractivity contribution in [1.82, 2.24) is 0 Å². The van der Waals surface area contributed by atoms with E-state index < -0.39 is 8.80 Å². The van der Waals surface area contributed by atoms with Crippen molar-refractivity contribution in [3.8, 4) is 11.5 Å². The fourth-order valence-electron chi connectivity index (χ4n) is 0.727. The maximum atomic E-state index is 5.10. The molecule has 0 saturated carbocycles. The average Bonchev–Trinajstić information content (AvgIpc) is 2.20. The molecule has 0 bridgehead atoms. The maximum absolute atomic E-state index is 5.10. The summed E-state index contributed by atoms with van der Waals surface area (Å²) in [6.45, 7) is 0.606. The molecular formula is C8H16O4Si. The average molecular weight is 204 g/mol. The number of methoxy groups -OCH3 is 1. The second-order valence-electron chi connectivity index (χ2n) is 2.21. The predicted octanol–water partition coefficient (Wildman–Crippen LogP) is 0.444. The van der Waals surface area contributed by atoms with Crippen LogP contribution in [0.1, 0.15) is 6.42 Å². The lowest BCUT2D eigenvalue weighted by Gasteiger charge is -2.17. The molecule has 0 N–H and O–H groups in total. The summed E-state index contributed by atoms with van der Waals surface area (Å²) >= 11 is 0. The SMILES string of the molecule is COCCC#C[Si](OC)(OC)OC. The van der Waals surface area contributed by atoms with Crippen molar-refractivity contribution >= 4 is 8.80 Å². The molecule has 0 spiro atoms. The summed E-state index contributed by atoms with van der Waals surface area (Å²) in [6, 6.07) is 0. The summed E-state index contributed by atoms with van der Waals surface area (Å²) in [5.74, 6) is 2.89. The highest BCUT2D eigenvalue weighted by Gasteiger charge is 2.36. The number of hydrogen-bond acceptors (Lipinski definition) is 4. The van der Waals surface area contributed by atoms with Gasteiger partial charge in [-0.15, -0.1) is 5.92 Å². The van der Waals surface area contributed by atoms with Crippen LogP contribution >= 0.6 is 0 Å². The van der Waals surface area contributed by atoms with Gasteiger partial charge in [0.15, 0.2) is 0 Å². The summed E-state index contributed by atoms with van der Waals surface area (Å²) in [5.41, 5.74) is 2.86. The fourth-order valence-corrected chi connectivity index (χ4v) is 1.87. The molecule has 13 heavy (non-hydrogen) atoms. The van der Waals surface area contributed by atoms with Crippen molar-refractivity contribution in [1.29, 1.82) is 0 Å². The maximum Gasteiger partial charge on any atom is 0.590 e. The Morgan fingerprint density at radius 1 is 1.00 bits per heavy atom. The van der Waals surface area contributed by atoms with Gasteiger partial charge in [-0.05, 0) is 5.54 Å². The zero-order valence-corrected chi connectivity index (χ0v) is 9.55. The summed E-state index contributed by atoms with van der Waals surface area (Å²) in [5, 5.41) is 0. The molecule has 0 aromatic carbocycles. The molecule has 0 aliphatic heterocycles. The largest absolute Gasteiger partial charge is 0.590 e. The van der Waals surface area contributed by atoms with Crippen LogP contribution in [0.2, 0.25) is 0 Å². The first-order chi connectivity index (χ1) is 6.24. The van der Waals surface area contributed by atoms with E-state index in [0.29, 0.717) is 13.0 Å². The first-order valence-electron chi connectivity index (χ1n) is 3.89. The lowest BCUT2D eigenvalue weighted by atomic mass is 10.5. The highest BCUT2D eigenvalue weighted by molar-refractivity contribution is 6.69. The number of hydrogen-bond donors (Lipinski definition) is 0. The lowest BCUT2D eigenvalue weighted by molar-refractivity contribution is 0.141. The van der Waals surface area contributed by atoms with Crippen LogP contribution in [0.4, 0.5) is 0 Å². The first kappa shape index (κ1) is 12.6. The normalized spacial score (nSPS) is 10.8. The third-order valence-electron chi connectivity index (χ3n) is 1.48. The van der Waals surface area contributed by atoms with Crippen LogP contribution in [0.5, 0.6) is 0 Å². The van der Waals surface area contributed by atoms with Gasteiger partial charge in [0, 0.05) is 34.9 Å². The van der Waals surface area contributed by atoms with E-state index in [0.717, 1.165) is 0 Å². The van der Waals surface area contributed by atoms with Crippen LogP contribution in [0.3, 0.4) is 0 Å². The molecule has 76 valence electrons. The van der Waals surface area contributed by atoms with Crippen LogP contribution in [0.25, 0.3) is 0 Å². The monoisotopic (exact) mass is 204 g/mol. The van der Waals surface area contributed by atoms with E-state index in [9.17, 15) is 0 Å². The van der Waals surface area contributed by atoms with Gasteiger partial charge in [-0.2, -0.15) is 0 Å². The van der Waals surface area contributed by atoms with Crippen LogP contribution < -0.4 is 0 Å². The molecule has 0 aromatic heterocycles. The van der Waals surface area contributed by atoms with Gasteiger partial charge in [-0.3, -0.25) is 0 Å². The molecule has 0 saturated heterocycles. The zero-order valence-electron chi connectivity index (χ0n) is 8.55. The molecule has 0 aliphatic carbocycles. The molecule has 0 amide bonds. The standard InChI is InChI=1S/C8H16O4Si/c1-9-7-5-6-8-13(10-2,11-3)12-4/h5,7H2,1-4H3. The minimum atomic E-state index is -2.68. The third kappa shape index (κ3) is 4.41. The van der Waals surface area contributed by atoms with Gasteiger partial charge >= 0.3 is 8.80 Å². The minimum absolute atomic E-state index is 0.606. The van der Waals surface area contributed by atoms with E-state index >= 15 is 0 Å². The Bertz CT molecular complexity index is 172. The van der Waals surface area contributed by atoms with Crippen molar-refractivity contribution in [2.75, 3.05) is 35.0 Å². The molecule has 0 aromatic rings. The summed E-state index contributed by atoms with van der Waals surface area (Å²) in [4.78, 5) is 0. The van der Waals surface area contributed by atoms with Gasteiger partial charge in [0.1, 0.15) is 0 Å². The molecule has 0 radical (unpaired) electrons. The molecule has 0 atom stereocenters. The summed E-state index contributed by atoms with van der Waals surface area (Å²) in [6.07, 6.45) is 0.654. The van der Waals surface area contributed by atoms with E-state index in [-0.39, 0.29) is 0 Å². The van der Waals surface area contributed by atoms with E-state index in [2.05, 4.69) is 11.5 Å². The molecule has 0 heterocycles. The Kier molecular flexibility index (Phi) is 6.85. The molecule has 0 unspecified atom stereocenters. The van der Waals surface area contributed by atoms with Crippen molar-refractivity contribution in [2.24, 2.45) is 0 Å². The van der Waals surface area contributed by atoms with E-state index in [1.807, 2.05) is 0 Å². The Balaban J connectivity index is 4.11. The predicted molar refractivity (Wildman–Crippen MR) is 51.1 cm³/mol. The zero-order chi connectivity index (χ0) is 10.2. The number of rotatable bonds is 5. The van der Waals surface area contributed by atoms with Crippen molar-refractivity contribution in [3.05, 3.63) is 0 Å². The van der Waals surface area contributed by atoms with Crippen LogP contribution in [0, 0.1) is 11.5 Å². The van der Waals surface area contributed by atoms with Gasteiger partial charge < -0.3 is 18.0 Å². The highest BCUT2D eigenvalue weighted by Crippen LogP contribution is 2.03. The van der Waals surface area contributed by atoms with Crippen LogP contribution in [-0.4, -0.2) is 43.9 Å². The second kappa shape index (κ2) is 7.06. The number of ether oxygens (including phenoxy) is 1. The second-order valence-corrected chi connectivity index (χ2v) is 4.80. The Hall–Kier alpha value is -0.383. The fraction of sp³-hybridized carbons (Fsp3) is 0.750. The van der Waals surface area contributed by atoms with Gasteiger partial charge in [0.2, 0.25) is 0 Å². The third-order valence-corrected chi connectivity index (χ3v) is 3.57. The smallest absolute Gasteiger partial charge is 0.384 e. The van der Waals surface area contributed by atoms with Gasteiger partial charge in [0.25, 0.3) is 0 Å². The molecule has 0 rings (SSSR count). The van der Waals surface area contributed by atoms with E-state index in [1.54, 1.807) is 7.11 Å². The van der Waals surface area contributed by atoms with Gasteiger partial charge in [0.05, 0.1) is 6.61 Å². The molecular weight excluding hydrogens is 188 g/mol. The Morgan fingerprint density at radius 2 is 1.54 bits per heavy atom. The molecule has 0 aliphatic rings. The van der Waals surface area contributed by atoms with Gasteiger partial charge in [-0.1, -0.05) is 0 Å². The lowest BCUT2D eigenvalue weighted by Crippen LogP contribution is -2.41. The first-order valence-corrected chi connectivity index (χ1v) is 5.61. The van der Waals surface area contributed by atoms with E-state index in [1.165, 1.54) is 21.3 Å². The Morgan fingerprint density at radius 3 is 1.92 bits per heavy atom.